The van der Waals surface area contributed by atoms with Crippen LogP contribution in [-0.2, 0) is 0 Å². The number of nitrogens with zero attached hydrogens (tertiary/aromatic N) is 1. The number of benzene rings is 1. The maximum absolute atomic E-state index is 5.10. The van der Waals surface area contributed by atoms with Crippen molar-refractivity contribution in [1.82, 2.24) is 9.97 Å². The molecule has 2 rings (SSSR count). The summed E-state index contributed by atoms with van der Waals surface area (Å²) in [7, 11) is 1.65. The Bertz CT molecular complexity index is 572. The van der Waals surface area contributed by atoms with Crippen LogP contribution >= 0.6 is 12.2 Å². The van der Waals surface area contributed by atoms with Gasteiger partial charge in [-0.2, -0.15) is 0 Å². The number of aromatic nitrogens is 2. The van der Waals surface area contributed by atoms with Crippen molar-refractivity contribution >= 4 is 24.4 Å². The number of methoxy groups -OCH3 is 1. The average molecular weight is 244 g/mol. The van der Waals surface area contributed by atoms with Crippen LogP contribution in [-0.4, -0.2) is 17.1 Å². The van der Waals surface area contributed by atoms with Crippen LogP contribution in [0, 0.1) is 4.77 Å². The topological polar surface area (TPSA) is 37.9 Å². The third-order valence-corrected chi connectivity index (χ3v) is 2.48. The van der Waals surface area contributed by atoms with E-state index < -0.39 is 0 Å². The second-order valence-corrected chi connectivity index (χ2v) is 3.82. The fourth-order valence-corrected chi connectivity index (χ4v) is 1.56. The average Bonchev–Trinajstić information content (AvgIpc) is 2.37. The van der Waals surface area contributed by atoms with Crippen molar-refractivity contribution in [3.63, 3.8) is 0 Å². The van der Waals surface area contributed by atoms with Crippen LogP contribution in [0.2, 0.25) is 0 Å². The summed E-state index contributed by atoms with van der Waals surface area (Å²) in [6.07, 6.45) is 5.64. The lowest BCUT2D eigenvalue weighted by Crippen LogP contribution is -1.84. The molecule has 4 heteroatoms. The Morgan fingerprint density at radius 1 is 1.18 bits per heavy atom. The molecule has 0 aliphatic heterocycles. The van der Waals surface area contributed by atoms with Crippen LogP contribution in [0.15, 0.2) is 36.5 Å². The number of nitrogens with one attached hydrogen (secondary N) is 1. The highest BCUT2D eigenvalue weighted by atomic mass is 32.1. The first-order chi connectivity index (χ1) is 8.28. The highest BCUT2D eigenvalue weighted by molar-refractivity contribution is 7.71. The van der Waals surface area contributed by atoms with E-state index in [2.05, 4.69) is 9.97 Å². The van der Waals surface area contributed by atoms with Crippen LogP contribution in [0.4, 0.5) is 0 Å². The van der Waals surface area contributed by atoms with Crippen molar-refractivity contribution in [2.45, 2.75) is 0 Å². The molecule has 0 amide bonds. The Hall–Kier alpha value is -1.94. The van der Waals surface area contributed by atoms with Crippen molar-refractivity contribution in [3.05, 3.63) is 52.6 Å². The molecule has 1 aromatic carbocycles. The summed E-state index contributed by atoms with van der Waals surface area (Å²) in [6.45, 7) is 0. The first-order valence-electron chi connectivity index (χ1n) is 5.15. The lowest BCUT2D eigenvalue weighted by molar-refractivity contribution is 0.415. The van der Waals surface area contributed by atoms with E-state index >= 15 is 0 Å². The van der Waals surface area contributed by atoms with Gasteiger partial charge >= 0.3 is 0 Å². The molecule has 86 valence electrons. The maximum Gasteiger partial charge on any atom is 0.197 e. The smallest absolute Gasteiger partial charge is 0.197 e. The molecule has 1 aromatic heterocycles. The summed E-state index contributed by atoms with van der Waals surface area (Å²) in [5, 5.41) is 0. The predicted octanol–water partition coefficient (Wildman–Crippen LogP) is 3.32. The molecule has 0 atom stereocenters. The number of H-pyrrole nitrogens is 1. The third kappa shape index (κ3) is 3.26. The fourth-order valence-electron chi connectivity index (χ4n) is 1.38. The van der Waals surface area contributed by atoms with Gasteiger partial charge < -0.3 is 9.72 Å². The minimum absolute atomic E-state index is 0.488. The summed E-state index contributed by atoms with van der Waals surface area (Å²) in [5.41, 5.74) is 2.03. The molecule has 0 aliphatic carbocycles. The summed E-state index contributed by atoms with van der Waals surface area (Å²) in [5.74, 6) is 0.852. The van der Waals surface area contributed by atoms with Gasteiger partial charge in [0.25, 0.3) is 0 Å². The zero-order chi connectivity index (χ0) is 12.1. The molecule has 3 nitrogen and oxygen atoms in total. The van der Waals surface area contributed by atoms with E-state index in [1.54, 1.807) is 13.3 Å². The summed E-state index contributed by atoms with van der Waals surface area (Å²) in [4.78, 5) is 6.92. The first-order valence-corrected chi connectivity index (χ1v) is 5.56. The lowest BCUT2D eigenvalue weighted by Gasteiger charge is -1.99. The van der Waals surface area contributed by atoms with Crippen molar-refractivity contribution in [2.24, 2.45) is 0 Å². The molecule has 2 aromatic rings. The van der Waals surface area contributed by atoms with E-state index in [0.29, 0.717) is 4.77 Å². The number of aromatic amines is 1. The first kappa shape index (κ1) is 11.5. The predicted molar refractivity (Wildman–Crippen MR) is 71.3 cm³/mol. The zero-order valence-electron chi connectivity index (χ0n) is 9.38. The van der Waals surface area contributed by atoms with E-state index in [4.69, 9.17) is 17.0 Å². The lowest BCUT2D eigenvalue weighted by atomic mass is 10.2. The summed E-state index contributed by atoms with van der Waals surface area (Å²) in [6, 6.07) is 9.70. The molecule has 17 heavy (non-hydrogen) atoms. The quantitative estimate of drug-likeness (QED) is 0.842. The summed E-state index contributed by atoms with van der Waals surface area (Å²) < 4.78 is 5.58. The Kier molecular flexibility index (Phi) is 3.67. The second-order valence-electron chi connectivity index (χ2n) is 3.44. The normalized spacial score (nSPS) is 10.6. The van der Waals surface area contributed by atoms with Gasteiger partial charge in [-0.1, -0.05) is 18.2 Å². The molecule has 0 fully saturated rings. The van der Waals surface area contributed by atoms with Crippen LogP contribution in [0.1, 0.15) is 11.3 Å². The third-order valence-electron chi connectivity index (χ3n) is 2.27. The van der Waals surface area contributed by atoms with Gasteiger partial charge in [0.05, 0.1) is 7.11 Å². The monoisotopic (exact) mass is 244 g/mol. The maximum atomic E-state index is 5.10. The van der Waals surface area contributed by atoms with Gasteiger partial charge in [-0.25, -0.2) is 4.98 Å². The number of hydrogen-bond donors (Lipinski definition) is 1. The van der Waals surface area contributed by atoms with Gasteiger partial charge in [0, 0.05) is 11.9 Å². The van der Waals surface area contributed by atoms with E-state index in [9.17, 15) is 0 Å². The molecule has 1 heterocycles. The number of rotatable bonds is 3. The second kappa shape index (κ2) is 5.41. The SMILES string of the molecule is COc1ccc(C=Cc2ccnc(=S)[nH]2)cc1. The molecular weight excluding hydrogens is 232 g/mol. The van der Waals surface area contributed by atoms with Crippen LogP contribution in [0.3, 0.4) is 0 Å². The Morgan fingerprint density at radius 3 is 2.59 bits per heavy atom. The molecule has 0 saturated carbocycles. The molecule has 0 aliphatic rings. The van der Waals surface area contributed by atoms with Crippen LogP contribution in [0.5, 0.6) is 5.75 Å². The largest absolute Gasteiger partial charge is 0.497 e. The fraction of sp³-hybridized carbons (Fsp3) is 0.0769. The highest BCUT2D eigenvalue weighted by Crippen LogP contribution is 2.13. The van der Waals surface area contributed by atoms with Crippen LogP contribution < -0.4 is 4.74 Å². The van der Waals surface area contributed by atoms with Crippen molar-refractivity contribution in [1.29, 1.82) is 0 Å². The molecule has 0 bridgehead atoms. The van der Waals surface area contributed by atoms with Crippen molar-refractivity contribution < 1.29 is 4.74 Å². The van der Waals surface area contributed by atoms with E-state index in [0.717, 1.165) is 17.0 Å². The minimum atomic E-state index is 0.488. The van der Waals surface area contributed by atoms with Gasteiger partial charge in [0.1, 0.15) is 5.75 Å². The number of hydrogen-bond acceptors (Lipinski definition) is 3. The Morgan fingerprint density at radius 2 is 1.94 bits per heavy atom. The van der Waals surface area contributed by atoms with Gasteiger partial charge in [0.2, 0.25) is 0 Å². The molecule has 0 spiro atoms. The molecule has 0 radical (unpaired) electrons. The molecule has 1 N–H and O–H groups in total. The summed E-state index contributed by atoms with van der Waals surface area (Å²) >= 11 is 4.95. The van der Waals surface area contributed by atoms with Crippen molar-refractivity contribution in [2.75, 3.05) is 7.11 Å². The van der Waals surface area contributed by atoms with E-state index in [1.807, 2.05) is 42.5 Å². The molecule has 0 saturated heterocycles. The van der Waals surface area contributed by atoms with Crippen LogP contribution in [0.25, 0.3) is 12.2 Å². The molecular formula is C13H12N2OS. The molecule has 0 unspecified atom stereocenters. The Labute approximate surface area is 105 Å². The van der Waals surface area contributed by atoms with Gasteiger partial charge in [0.15, 0.2) is 4.77 Å². The number of ether oxygens (including phenoxy) is 1. The van der Waals surface area contributed by atoms with Gasteiger partial charge in [-0.3, -0.25) is 0 Å². The van der Waals surface area contributed by atoms with E-state index in [1.165, 1.54) is 0 Å². The highest BCUT2D eigenvalue weighted by Gasteiger charge is 1.90. The minimum Gasteiger partial charge on any atom is -0.497 e. The van der Waals surface area contributed by atoms with E-state index in [-0.39, 0.29) is 0 Å². The van der Waals surface area contributed by atoms with Gasteiger partial charge in [-0.15, -0.1) is 0 Å². The standard InChI is InChI=1S/C13H12N2OS/c1-16-12-6-3-10(4-7-12)2-5-11-8-9-14-13(17)15-11/h2-9H,1H3,(H,14,15,17). The zero-order valence-corrected chi connectivity index (χ0v) is 10.2. The van der Waals surface area contributed by atoms with Gasteiger partial charge in [-0.05, 0) is 42.1 Å². The van der Waals surface area contributed by atoms with Crippen molar-refractivity contribution in [3.8, 4) is 5.75 Å². The Balaban J connectivity index is 2.17.